The summed E-state index contributed by atoms with van der Waals surface area (Å²) in [6, 6.07) is 5.86. The monoisotopic (exact) mass is 353 g/mol. The minimum atomic E-state index is 0.0444. The molecule has 1 aliphatic heterocycles. The smallest absolute Gasteiger partial charge is 0.238 e. The Morgan fingerprint density at radius 3 is 3.00 bits per heavy atom. The number of piperidine rings is 1. The number of likely N-dealkylation sites (N-methyl/N-ethyl adjacent to an activating group) is 1. The number of halogens is 1. The van der Waals surface area contributed by atoms with Crippen LogP contribution in [0, 0.1) is 12.8 Å². The summed E-state index contributed by atoms with van der Waals surface area (Å²) in [5, 5.41) is 6.37. The molecule has 1 heterocycles. The molecule has 1 aliphatic rings. The average Bonchev–Trinajstić information content (AvgIpc) is 2.43. The summed E-state index contributed by atoms with van der Waals surface area (Å²) in [7, 11) is 2.01. The molecule has 0 bridgehead atoms. The number of anilines is 1. The number of nitrogens with one attached hydrogen (secondary N) is 2. The van der Waals surface area contributed by atoms with E-state index >= 15 is 0 Å². The molecule has 1 fully saturated rings. The number of aryl methyl sites for hydroxylation is 1. The molecular weight excluding hydrogens is 330 g/mol. The van der Waals surface area contributed by atoms with E-state index < -0.39 is 0 Å². The molecule has 116 valence electrons. The number of hydrogen-bond acceptors (Lipinski definition) is 3. The van der Waals surface area contributed by atoms with Gasteiger partial charge in [0.15, 0.2) is 0 Å². The van der Waals surface area contributed by atoms with Crippen LogP contribution >= 0.6 is 15.9 Å². The molecule has 4 nitrogen and oxygen atoms in total. The van der Waals surface area contributed by atoms with Crippen molar-refractivity contribution in [3.8, 4) is 0 Å². The lowest BCUT2D eigenvalue weighted by Crippen LogP contribution is -2.39. The van der Waals surface area contributed by atoms with Gasteiger partial charge in [-0.3, -0.25) is 9.69 Å². The highest BCUT2D eigenvalue weighted by Gasteiger charge is 2.16. The third kappa shape index (κ3) is 5.41. The number of rotatable bonds is 5. The second-order valence-electron chi connectivity index (χ2n) is 5.92. The van der Waals surface area contributed by atoms with Crippen LogP contribution < -0.4 is 10.6 Å². The molecule has 1 saturated heterocycles. The number of amides is 1. The van der Waals surface area contributed by atoms with Crippen LogP contribution in [0.2, 0.25) is 0 Å². The van der Waals surface area contributed by atoms with Crippen molar-refractivity contribution in [3.63, 3.8) is 0 Å². The number of benzene rings is 1. The van der Waals surface area contributed by atoms with Gasteiger partial charge in [-0.05, 0) is 69.6 Å². The van der Waals surface area contributed by atoms with Crippen molar-refractivity contribution >= 4 is 27.5 Å². The lowest BCUT2D eigenvalue weighted by atomic mass is 9.99. The van der Waals surface area contributed by atoms with Gasteiger partial charge in [-0.1, -0.05) is 15.9 Å². The number of nitrogens with zero attached hydrogens (tertiary/aromatic N) is 1. The standard InChI is InChI=1S/C16H24BrN3O/c1-12-8-14(5-6-15(12)17)19-16(21)11-20(2)10-13-4-3-7-18-9-13/h5-6,8,13,18H,3-4,7,9-11H2,1-2H3,(H,19,21). The van der Waals surface area contributed by atoms with Crippen LogP contribution in [0.25, 0.3) is 0 Å². The molecule has 2 N–H and O–H groups in total. The van der Waals surface area contributed by atoms with E-state index in [1.807, 2.05) is 32.2 Å². The van der Waals surface area contributed by atoms with Crippen LogP contribution in [0.3, 0.4) is 0 Å². The van der Waals surface area contributed by atoms with Crippen LogP contribution in [-0.4, -0.2) is 44.0 Å². The highest BCUT2D eigenvalue weighted by molar-refractivity contribution is 9.10. The lowest BCUT2D eigenvalue weighted by molar-refractivity contribution is -0.117. The summed E-state index contributed by atoms with van der Waals surface area (Å²) in [4.78, 5) is 14.2. The van der Waals surface area contributed by atoms with Crippen molar-refractivity contribution in [1.82, 2.24) is 10.2 Å². The van der Waals surface area contributed by atoms with Crippen molar-refractivity contribution in [3.05, 3.63) is 28.2 Å². The first-order valence-electron chi connectivity index (χ1n) is 7.50. The minimum absolute atomic E-state index is 0.0444. The fraction of sp³-hybridized carbons (Fsp3) is 0.562. The maximum atomic E-state index is 12.1. The van der Waals surface area contributed by atoms with E-state index in [4.69, 9.17) is 0 Å². The largest absolute Gasteiger partial charge is 0.325 e. The van der Waals surface area contributed by atoms with Gasteiger partial charge in [-0.15, -0.1) is 0 Å². The Morgan fingerprint density at radius 1 is 1.52 bits per heavy atom. The molecule has 1 aromatic carbocycles. The fourth-order valence-electron chi connectivity index (χ4n) is 2.75. The zero-order valence-electron chi connectivity index (χ0n) is 12.8. The van der Waals surface area contributed by atoms with Gasteiger partial charge in [-0.25, -0.2) is 0 Å². The van der Waals surface area contributed by atoms with Crippen LogP contribution in [0.5, 0.6) is 0 Å². The fourth-order valence-corrected chi connectivity index (χ4v) is 3.00. The topological polar surface area (TPSA) is 44.4 Å². The normalized spacial score (nSPS) is 18.8. The van der Waals surface area contributed by atoms with E-state index in [9.17, 15) is 4.79 Å². The highest BCUT2D eigenvalue weighted by atomic mass is 79.9. The molecule has 1 unspecified atom stereocenters. The van der Waals surface area contributed by atoms with Gasteiger partial charge in [0.2, 0.25) is 5.91 Å². The predicted molar refractivity (Wildman–Crippen MR) is 90.6 cm³/mol. The van der Waals surface area contributed by atoms with Gasteiger partial charge < -0.3 is 10.6 Å². The Bertz CT molecular complexity index is 486. The molecule has 0 aliphatic carbocycles. The van der Waals surface area contributed by atoms with Crippen LogP contribution in [0.15, 0.2) is 22.7 Å². The molecule has 0 saturated carbocycles. The Hall–Kier alpha value is -0.910. The molecule has 0 aromatic heterocycles. The van der Waals surface area contributed by atoms with Gasteiger partial charge in [0.1, 0.15) is 0 Å². The summed E-state index contributed by atoms with van der Waals surface area (Å²) in [6.45, 7) is 5.62. The molecule has 2 rings (SSSR count). The third-order valence-corrected chi connectivity index (χ3v) is 4.71. The van der Waals surface area contributed by atoms with E-state index in [1.54, 1.807) is 0 Å². The quantitative estimate of drug-likeness (QED) is 0.855. The maximum absolute atomic E-state index is 12.1. The van der Waals surface area contributed by atoms with Crippen molar-refractivity contribution in [2.75, 3.05) is 38.5 Å². The van der Waals surface area contributed by atoms with Crippen LogP contribution in [-0.2, 0) is 4.79 Å². The van der Waals surface area contributed by atoms with Crippen molar-refractivity contribution in [2.24, 2.45) is 5.92 Å². The molecule has 21 heavy (non-hydrogen) atoms. The van der Waals surface area contributed by atoms with Crippen LogP contribution in [0.1, 0.15) is 18.4 Å². The van der Waals surface area contributed by atoms with Crippen molar-refractivity contribution in [2.45, 2.75) is 19.8 Å². The van der Waals surface area contributed by atoms with Gasteiger partial charge in [0.05, 0.1) is 6.54 Å². The molecule has 1 amide bonds. The Kier molecular flexibility index (Phi) is 6.21. The molecular formula is C16H24BrN3O. The molecule has 0 spiro atoms. The molecule has 5 heteroatoms. The molecule has 0 radical (unpaired) electrons. The number of carbonyl (C=O) groups excluding carboxylic acids is 1. The molecule has 1 aromatic rings. The summed E-state index contributed by atoms with van der Waals surface area (Å²) < 4.78 is 1.06. The zero-order chi connectivity index (χ0) is 15.2. The van der Waals surface area contributed by atoms with Crippen LogP contribution in [0.4, 0.5) is 5.69 Å². The Morgan fingerprint density at radius 2 is 2.33 bits per heavy atom. The third-order valence-electron chi connectivity index (χ3n) is 3.82. The summed E-state index contributed by atoms with van der Waals surface area (Å²) in [5.41, 5.74) is 1.97. The first-order valence-corrected chi connectivity index (χ1v) is 8.29. The van der Waals surface area contributed by atoms with E-state index in [0.717, 1.165) is 35.4 Å². The van der Waals surface area contributed by atoms with E-state index in [1.165, 1.54) is 12.8 Å². The molecule has 1 atom stereocenters. The van der Waals surface area contributed by atoms with Crippen molar-refractivity contribution < 1.29 is 4.79 Å². The Labute approximate surface area is 135 Å². The van der Waals surface area contributed by atoms with Gasteiger partial charge in [-0.2, -0.15) is 0 Å². The van der Waals surface area contributed by atoms with E-state index in [-0.39, 0.29) is 5.91 Å². The van der Waals surface area contributed by atoms with Gasteiger partial charge in [0, 0.05) is 16.7 Å². The second-order valence-corrected chi connectivity index (χ2v) is 6.78. The van der Waals surface area contributed by atoms with E-state index in [2.05, 4.69) is 31.5 Å². The number of hydrogen-bond donors (Lipinski definition) is 2. The minimum Gasteiger partial charge on any atom is -0.325 e. The Balaban J connectivity index is 1.78. The SMILES string of the molecule is Cc1cc(NC(=O)CN(C)CC2CCCNC2)ccc1Br. The van der Waals surface area contributed by atoms with Crippen molar-refractivity contribution in [1.29, 1.82) is 0 Å². The van der Waals surface area contributed by atoms with Gasteiger partial charge in [0.25, 0.3) is 0 Å². The maximum Gasteiger partial charge on any atom is 0.238 e. The number of carbonyl (C=O) groups is 1. The zero-order valence-corrected chi connectivity index (χ0v) is 14.4. The predicted octanol–water partition coefficient (Wildman–Crippen LogP) is 2.63. The highest BCUT2D eigenvalue weighted by Crippen LogP contribution is 2.20. The summed E-state index contributed by atoms with van der Waals surface area (Å²) in [5.74, 6) is 0.703. The lowest BCUT2D eigenvalue weighted by Gasteiger charge is -2.27. The first kappa shape index (κ1) is 16.5. The first-order chi connectivity index (χ1) is 10.0. The van der Waals surface area contributed by atoms with Gasteiger partial charge >= 0.3 is 0 Å². The average molecular weight is 354 g/mol. The second kappa shape index (κ2) is 7.92. The summed E-state index contributed by atoms with van der Waals surface area (Å²) >= 11 is 3.46. The van der Waals surface area contributed by atoms with E-state index in [0.29, 0.717) is 12.5 Å². The summed E-state index contributed by atoms with van der Waals surface area (Å²) in [6.07, 6.45) is 2.49.